The highest BCUT2D eigenvalue weighted by Gasteiger charge is 2.02. The van der Waals surface area contributed by atoms with E-state index < -0.39 is 0 Å². The van der Waals surface area contributed by atoms with Gasteiger partial charge in [-0.1, -0.05) is 18.2 Å². The number of fused-ring (bicyclic) bond motifs is 1. The van der Waals surface area contributed by atoms with E-state index in [0.717, 1.165) is 0 Å². The van der Waals surface area contributed by atoms with Crippen LogP contribution >= 0.6 is 11.3 Å². The molecule has 68 valence electrons. The van der Waals surface area contributed by atoms with Gasteiger partial charge in [0.1, 0.15) is 0 Å². The van der Waals surface area contributed by atoms with Gasteiger partial charge in [0.15, 0.2) is 0 Å². The Labute approximate surface area is 86.0 Å². The van der Waals surface area contributed by atoms with Crippen LogP contribution in [0, 0.1) is 0 Å². The Balaban J connectivity index is 2.24. The van der Waals surface area contributed by atoms with E-state index in [-0.39, 0.29) is 0 Å². The van der Waals surface area contributed by atoms with Crippen LogP contribution in [0.1, 0.15) is 0 Å². The Morgan fingerprint density at radius 1 is 1.00 bits per heavy atom. The lowest BCUT2D eigenvalue weighted by Gasteiger charge is -1.87. The second-order valence-corrected chi connectivity index (χ2v) is 4.32. The van der Waals surface area contributed by atoms with E-state index in [9.17, 15) is 0 Å². The van der Waals surface area contributed by atoms with E-state index in [2.05, 4.69) is 41.4 Å². The van der Waals surface area contributed by atoms with Crippen LogP contribution < -0.4 is 0 Å². The van der Waals surface area contributed by atoms with Crippen molar-refractivity contribution in [1.82, 2.24) is 4.98 Å². The molecule has 0 radical (unpaired) electrons. The molecule has 0 fully saturated rings. The molecule has 0 saturated carbocycles. The Bertz CT molecular complexity index is 515. The van der Waals surface area contributed by atoms with Gasteiger partial charge in [-0.25, -0.2) is 0 Å². The Morgan fingerprint density at radius 3 is 2.71 bits per heavy atom. The third-order valence-electron chi connectivity index (χ3n) is 2.29. The summed E-state index contributed by atoms with van der Waals surface area (Å²) in [5.41, 5.74) is 1.20. The molecule has 0 saturated heterocycles. The zero-order valence-corrected chi connectivity index (χ0v) is 8.34. The number of aromatic amines is 1. The summed E-state index contributed by atoms with van der Waals surface area (Å²) in [6.07, 6.45) is 1.96. The van der Waals surface area contributed by atoms with Crippen molar-refractivity contribution < 1.29 is 0 Å². The van der Waals surface area contributed by atoms with Crippen LogP contribution in [0.15, 0.2) is 48.7 Å². The summed E-state index contributed by atoms with van der Waals surface area (Å²) in [4.78, 5) is 4.53. The van der Waals surface area contributed by atoms with E-state index in [1.54, 1.807) is 0 Å². The molecule has 2 aromatic heterocycles. The molecular weight excluding hydrogens is 190 g/mol. The van der Waals surface area contributed by atoms with Gasteiger partial charge in [-0.15, -0.1) is 11.3 Å². The molecule has 0 atom stereocenters. The second kappa shape index (κ2) is 3.00. The standard InChI is InChI=1S/C12H9NS/c1-2-6-11-9(4-1)8-12(14-11)10-5-3-7-13-10/h1-8,13H. The predicted molar refractivity (Wildman–Crippen MR) is 61.6 cm³/mol. The van der Waals surface area contributed by atoms with Crippen molar-refractivity contribution in [3.63, 3.8) is 0 Å². The molecule has 2 heteroatoms. The van der Waals surface area contributed by atoms with Crippen LogP contribution in [0.5, 0.6) is 0 Å². The zero-order chi connectivity index (χ0) is 9.38. The molecule has 3 rings (SSSR count). The first kappa shape index (κ1) is 7.83. The molecular formula is C12H9NS. The van der Waals surface area contributed by atoms with Gasteiger partial charge in [0.25, 0.3) is 0 Å². The minimum atomic E-state index is 1.20. The molecule has 0 aliphatic heterocycles. The summed E-state index contributed by atoms with van der Waals surface area (Å²) >= 11 is 1.82. The summed E-state index contributed by atoms with van der Waals surface area (Å²) in [5, 5.41) is 1.32. The van der Waals surface area contributed by atoms with E-state index in [1.807, 2.05) is 23.6 Å². The topological polar surface area (TPSA) is 15.8 Å². The molecule has 0 bridgehead atoms. The summed E-state index contributed by atoms with van der Waals surface area (Å²) in [6, 6.07) is 14.8. The van der Waals surface area contributed by atoms with Crippen molar-refractivity contribution in [2.75, 3.05) is 0 Å². The Kier molecular flexibility index (Phi) is 1.67. The van der Waals surface area contributed by atoms with E-state index >= 15 is 0 Å². The van der Waals surface area contributed by atoms with Crippen LogP contribution in [0.3, 0.4) is 0 Å². The maximum absolute atomic E-state index is 3.22. The van der Waals surface area contributed by atoms with Crippen LogP contribution in [0.25, 0.3) is 20.7 Å². The largest absolute Gasteiger partial charge is 0.361 e. The molecule has 0 aliphatic carbocycles. The fourth-order valence-corrected chi connectivity index (χ4v) is 2.65. The maximum Gasteiger partial charge on any atom is 0.0555 e. The molecule has 0 spiro atoms. The highest BCUT2D eigenvalue weighted by Crippen LogP contribution is 2.32. The maximum atomic E-state index is 3.22. The van der Waals surface area contributed by atoms with Gasteiger partial charge in [0.05, 0.1) is 10.6 Å². The molecule has 1 N–H and O–H groups in total. The first-order chi connectivity index (χ1) is 6.93. The van der Waals surface area contributed by atoms with E-state index in [0.29, 0.717) is 0 Å². The van der Waals surface area contributed by atoms with Crippen molar-refractivity contribution in [1.29, 1.82) is 0 Å². The van der Waals surface area contributed by atoms with Gasteiger partial charge in [-0.3, -0.25) is 0 Å². The Hall–Kier alpha value is -1.54. The summed E-state index contributed by atoms with van der Waals surface area (Å²) in [5.74, 6) is 0. The minimum Gasteiger partial charge on any atom is -0.361 e. The van der Waals surface area contributed by atoms with Crippen molar-refractivity contribution in [3.8, 4) is 10.6 Å². The fraction of sp³-hybridized carbons (Fsp3) is 0. The number of hydrogen-bond acceptors (Lipinski definition) is 1. The van der Waals surface area contributed by atoms with Crippen molar-refractivity contribution in [2.45, 2.75) is 0 Å². The molecule has 14 heavy (non-hydrogen) atoms. The predicted octanol–water partition coefficient (Wildman–Crippen LogP) is 3.90. The lowest BCUT2D eigenvalue weighted by molar-refractivity contribution is 1.42. The molecule has 3 aromatic rings. The van der Waals surface area contributed by atoms with Crippen molar-refractivity contribution in [2.24, 2.45) is 0 Å². The van der Waals surface area contributed by atoms with Gasteiger partial charge in [-0.2, -0.15) is 0 Å². The summed E-state index contributed by atoms with van der Waals surface area (Å²) in [7, 11) is 0. The highest BCUT2D eigenvalue weighted by atomic mass is 32.1. The first-order valence-corrected chi connectivity index (χ1v) is 5.37. The first-order valence-electron chi connectivity index (χ1n) is 4.56. The monoisotopic (exact) mass is 199 g/mol. The van der Waals surface area contributed by atoms with E-state index in [4.69, 9.17) is 0 Å². The quantitative estimate of drug-likeness (QED) is 0.612. The minimum absolute atomic E-state index is 1.20. The molecule has 0 unspecified atom stereocenters. The molecule has 1 aromatic carbocycles. The highest BCUT2D eigenvalue weighted by molar-refractivity contribution is 7.22. The Morgan fingerprint density at radius 2 is 1.93 bits per heavy atom. The van der Waals surface area contributed by atoms with Crippen molar-refractivity contribution in [3.05, 3.63) is 48.7 Å². The van der Waals surface area contributed by atoms with Gasteiger partial charge in [0.2, 0.25) is 0 Å². The van der Waals surface area contributed by atoms with Gasteiger partial charge >= 0.3 is 0 Å². The number of benzene rings is 1. The fourth-order valence-electron chi connectivity index (χ4n) is 1.60. The lowest BCUT2D eigenvalue weighted by Crippen LogP contribution is -1.66. The second-order valence-electron chi connectivity index (χ2n) is 3.23. The number of thiophene rings is 1. The number of hydrogen-bond donors (Lipinski definition) is 1. The lowest BCUT2D eigenvalue weighted by atomic mass is 10.2. The van der Waals surface area contributed by atoms with Gasteiger partial charge in [-0.05, 0) is 29.7 Å². The summed E-state index contributed by atoms with van der Waals surface area (Å²) < 4.78 is 1.34. The summed E-state index contributed by atoms with van der Waals surface area (Å²) in [6.45, 7) is 0. The number of aromatic nitrogens is 1. The molecule has 2 heterocycles. The normalized spacial score (nSPS) is 10.9. The average Bonchev–Trinajstić information content (AvgIpc) is 2.86. The molecule has 0 aliphatic rings. The number of rotatable bonds is 1. The van der Waals surface area contributed by atoms with Crippen LogP contribution in [0.4, 0.5) is 0 Å². The van der Waals surface area contributed by atoms with Crippen LogP contribution in [-0.4, -0.2) is 4.98 Å². The third kappa shape index (κ3) is 1.16. The SMILES string of the molecule is c1c[nH]c(-c2cc3ccccc3s2)c1. The smallest absolute Gasteiger partial charge is 0.0555 e. The number of nitrogens with one attached hydrogen (secondary N) is 1. The molecule has 1 nitrogen and oxygen atoms in total. The van der Waals surface area contributed by atoms with Crippen LogP contribution in [0.2, 0.25) is 0 Å². The third-order valence-corrected chi connectivity index (χ3v) is 3.44. The zero-order valence-electron chi connectivity index (χ0n) is 7.53. The van der Waals surface area contributed by atoms with Crippen LogP contribution in [-0.2, 0) is 0 Å². The molecule has 0 amide bonds. The van der Waals surface area contributed by atoms with E-state index in [1.165, 1.54) is 20.7 Å². The van der Waals surface area contributed by atoms with Gasteiger partial charge in [0, 0.05) is 10.9 Å². The number of H-pyrrole nitrogens is 1. The average molecular weight is 199 g/mol. The van der Waals surface area contributed by atoms with Crippen molar-refractivity contribution >= 4 is 21.4 Å². The van der Waals surface area contributed by atoms with Gasteiger partial charge < -0.3 is 4.98 Å².